The summed E-state index contributed by atoms with van der Waals surface area (Å²) in [6.45, 7) is 0.528. The van der Waals surface area contributed by atoms with Gasteiger partial charge < -0.3 is 24.5 Å². The van der Waals surface area contributed by atoms with Crippen molar-refractivity contribution < 1.29 is 19.0 Å². The maximum atomic E-state index is 13.0. The lowest BCUT2D eigenvalue weighted by molar-refractivity contribution is 0.0948. The van der Waals surface area contributed by atoms with Gasteiger partial charge in [0.1, 0.15) is 11.4 Å². The van der Waals surface area contributed by atoms with Gasteiger partial charge in [-0.15, -0.1) is 0 Å². The van der Waals surface area contributed by atoms with Crippen LogP contribution in [0.25, 0.3) is 10.9 Å². The molecule has 3 aromatic carbocycles. The third kappa shape index (κ3) is 4.65. The zero-order valence-electron chi connectivity index (χ0n) is 19.1. The van der Waals surface area contributed by atoms with Crippen LogP contribution >= 0.6 is 0 Å². The highest BCUT2D eigenvalue weighted by Gasteiger charge is 2.20. The molecule has 0 aliphatic heterocycles. The van der Waals surface area contributed by atoms with Crippen molar-refractivity contribution >= 4 is 16.8 Å². The molecule has 1 aromatic heterocycles. The van der Waals surface area contributed by atoms with E-state index in [1.165, 1.54) is 11.1 Å². The minimum absolute atomic E-state index is 0.186. The summed E-state index contributed by atoms with van der Waals surface area (Å²) in [5.41, 5.74) is 3.55. The molecule has 1 amide bonds. The van der Waals surface area contributed by atoms with Crippen LogP contribution in [0.1, 0.15) is 34.0 Å². The molecule has 0 saturated carbocycles. The Morgan fingerprint density at radius 2 is 1.45 bits per heavy atom. The van der Waals surface area contributed by atoms with Gasteiger partial charge in [0.05, 0.1) is 26.8 Å². The molecule has 0 saturated heterocycles. The van der Waals surface area contributed by atoms with Crippen molar-refractivity contribution in [2.45, 2.75) is 12.3 Å². The second-order valence-electron chi connectivity index (χ2n) is 7.70. The quantitative estimate of drug-likeness (QED) is 0.375. The number of nitrogens with one attached hydrogen (secondary N) is 2. The van der Waals surface area contributed by atoms with E-state index in [0.717, 1.165) is 11.8 Å². The fourth-order valence-corrected chi connectivity index (χ4v) is 4.18. The molecule has 0 bridgehead atoms. The average molecular weight is 445 g/mol. The largest absolute Gasteiger partial charge is 0.496 e. The Morgan fingerprint density at radius 1 is 0.848 bits per heavy atom. The highest BCUT2D eigenvalue weighted by atomic mass is 16.5. The van der Waals surface area contributed by atoms with Gasteiger partial charge in [-0.1, -0.05) is 60.7 Å². The third-order valence-electron chi connectivity index (χ3n) is 5.81. The molecular formula is C27H28N2O4. The number of amides is 1. The Kier molecular flexibility index (Phi) is 6.83. The normalized spacial score (nSPS) is 10.9. The van der Waals surface area contributed by atoms with Gasteiger partial charge in [0.2, 0.25) is 0 Å². The number of aromatic nitrogens is 1. The molecule has 6 nitrogen and oxygen atoms in total. The number of fused-ring (bicyclic) bond motifs is 1. The maximum Gasteiger partial charge on any atom is 0.267 e. The number of aromatic amines is 1. The number of benzene rings is 3. The van der Waals surface area contributed by atoms with Gasteiger partial charge in [0.15, 0.2) is 11.5 Å². The van der Waals surface area contributed by atoms with Crippen LogP contribution in [-0.2, 0) is 0 Å². The molecule has 0 spiro atoms. The first-order chi connectivity index (χ1) is 16.2. The highest BCUT2D eigenvalue weighted by Crippen LogP contribution is 2.41. The van der Waals surface area contributed by atoms with E-state index < -0.39 is 0 Å². The topological polar surface area (TPSA) is 72.6 Å². The molecular weight excluding hydrogens is 416 g/mol. The molecule has 4 aromatic rings. The van der Waals surface area contributed by atoms with E-state index in [4.69, 9.17) is 14.2 Å². The first-order valence-electron chi connectivity index (χ1n) is 10.9. The smallest absolute Gasteiger partial charge is 0.267 e. The van der Waals surface area contributed by atoms with Crippen molar-refractivity contribution in [1.82, 2.24) is 10.3 Å². The van der Waals surface area contributed by atoms with Crippen molar-refractivity contribution in [3.05, 3.63) is 89.6 Å². The summed E-state index contributed by atoms with van der Waals surface area (Å²) in [5.74, 6) is 1.67. The predicted molar refractivity (Wildman–Crippen MR) is 130 cm³/mol. The zero-order valence-corrected chi connectivity index (χ0v) is 19.1. The van der Waals surface area contributed by atoms with Crippen molar-refractivity contribution in [3.63, 3.8) is 0 Å². The predicted octanol–water partition coefficient (Wildman–Crippen LogP) is 5.15. The minimum atomic E-state index is -0.186. The van der Waals surface area contributed by atoms with Crippen LogP contribution in [0.15, 0.2) is 72.8 Å². The van der Waals surface area contributed by atoms with Crippen LogP contribution < -0.4 is 19.5 Å². The Hall–Kier alpha value is -3.93. The first-order valence-corrected chi connectivity index (χ1v) is 10.9. The van der Waals surface area contributed by atoms with Crippen LogP contribution in [-0.4, -0.2) is 38.8 Å². The number of methoxy groups -OCH3 is 3. The van der Waals surface area contributed by atoms with Gasteiger partial charge in [-0.25, -0.2) is 0 Å². The molecule has 0 unspecified atom stereocenters. The van der Waals surface area contributed by atoms with E-state index >= 15 is 0 Å². The summed E-state index contributed by atoms with van der Waals surface area (Å²) < 4.78 is 16.4. The summed E-state index contributed by atoms with van der Waals surface area (Å²) in [4.78, 5) is 16.1. The summed E-state index contributed by atoms with van der Waals surface area (Å²) in [6, 6.07) is 24.2. The zero-order chi connectivity index (χ0) is 23.2. The molecule has 0 radical (unpaired) electrons. The van der Waals surface area contributed by atoms with Gasteiger partial charge in [-0.3, -0.25) is 4.79 Å². The summed E-state index contributed by atoms with van der Waals surface area (Å²) in [6.07, 6.45) is 0.778. The molecule has 0 aliphatic carbocycles. The Bertz CT molecular complexity index is 1180. The number of rotatable bonds is 9. The fourth-order valence-electron chi connectivity index (χ4n) is 4.18. The number of H-pyrrole nitrogens is 1. The van der Waals surface area contributed by atoms with Gasteiger partial charge in [-0.05, 0) is 23.6 Å². The van der Waals surface area contributed by atoms with Crippen LogP contribution in [0.2, 0.25) is 0 Å². The van der Waals surface area contributed by atoms with E-state index in [2.05, 4.69) is 34.6 Å². The molecule has 4 rings (SSSR count). The van der Waals surface area contributed by atoms with Crippen LogP contribution in [0.5, 0.6) is 17.2 Å². The molecule has 0 atom stereocenters. The Balaban J connectivity index is 1.53. The van der Waals surface area contributed by atoms with Crippen molar-refractivity contribution in [2.24, 2.45) is 0 Å². The first kappa shape index (κ1) is 22.3. The molecule has 1 heterocycles. The van der Waals surface area contributed by atoms with Crippen LogP contribution in [0.4, 0.5) is 0 Å². The van der Waals surface area contributed by atoms with Gasteiger partial charge >= 0.3 is 0 Å². The lowest BCUT2D eigenvalue weighted by Crippen LogP contribution is -2.26. The maximum absolute atomic E-state index is 13.0. The standard InChI is InChI=1S/C27H28N2O4/c1-31-23-17-24(32-2)26(33-3)25-21(23)16-22(29-25)27(30)28-15-14-20(18-10-6-4-7-11-18)19-12-8-5-9-13-19/h4-13,16-17,20,29H,14-15H2,1-3H3,(H,28,30). The van der Waals surface area contributed by atoms with E-state index in [-0.39, 0.29) is 11.8 Å². The number of ether oxygens (including phenoxy) is 3. The van der Waals surface area contributed by atoms with E-state index in [9.17, 15) is 4.79 Å². The average Bonchev–Trinajstić information content (AvgIpc) is 3.32. The number of hydrogen-bond acceptors (Lipinski definition) is 4. The fraction of sp³-hybridized carbons (Fsp3) is 0.222. The van der Waals surface area contributed by atoms with Crippen molar-refractivity contribution in [1.29, 1.82) is 0 Å². The molecule has 0 aliphatic rings. The second kappa shape index (κ2) is 10.1. The SMILES string of the molecule is COc1cc(OC)c2cc(C(=O)NCCC(c3ccccc3)c3ccccc3)[nH]c2c1OC. The monoisotopic (exact) mass is 444 g/mol. The minimum Gasteiger partial charge on any atom is -0.496 e. The third-order valence-corrected chi connectivity index (χ3v) is 5.81. The van der Waals surface area contributed by atoms with Crippen molar-refractivity contribution in [2.75, 3.05) is 27.9 Å². The molecule has 6 heteroatoms. The van der Waals surface area contributed by atoms with Crippen LogP contribution in [0, 0.1) is 0 Å². The molecule has 33 heavy (non-hydrogen) atoms. The van der Waals surface area contributed by atoms with E-state index in [1.54, 1.807) is 33.5 Å². The lowest BCUT2D eigenvalue weighted by Gasteiger charge is -2.18. The molecule has 0 fully saturated rings. The number of carbonyl (C=O) groups is 1. The van der Waals surface area contributed by atoms with Gasteiger partial charge in [0.25, 0.3) is 5.91 Å². The summed E-state index contributed by atoms with van der Waals surface area (Å²) in [5, 5.41) is 3.81. The number of hydrogen-bond donors (Lipinski definition) is 2. The highest BCUT2D eigenvalue weighted by molar-refractivity contribution is 6.02. The number of carbonyl (C=O) groups excluding carboxylic acids is 1. The summed E-state index contributed by atoms with van der Waals surface area (Å²) >= 11 is 0. The Labute approximate surface area is 193 Å². The molecule has 170 valence electrons. The van der Waals surface area contributed by atoms with E-state index in [0.29, 0.717) is 35.0 Å². The second-order valence-corrected chi connectivity index (χ2v) is 7.70. The van der Waals surface area contributed by atoms with Gasteiger partial charge in [0, 0.05) is 23.9 Å². The van der Waals surface area contributed by atoms with E-state index in [1.807, 2.05) is 36.4 Å². The molecule has 2 N–H and O–H groups in total. The summed E-state index contributed by atoms with van der Waals surface area (Å²) in [7, 11) is 4.72. The lowest BCUT2D eigenvalue weighted by atomic mass is 9.88. The van der Waals surface area contributed by atoms with Crippen molar-refractivity contribution in [3.8, 4) is 17.2 Å². The van der Waals surface area contributed by atoms with Crippen LogP contribution in [0.3, 0.4) is 0 Å². The van der Waals surface area contributed by atoms with Gasteiger partial charge in [-0.2, -0.15) is 0 Å². The Morgan fingerprint density at radius 3 is 2.00 bits per heavy atom.